The molecule has 0 saturated heterocycles. The van der Waals surface area contributed by atoms with Crippen molar-refractivity contribution in [1.29, 1.82) is 0 Å². The number of likely N-dealkylation sites (N-methyl/N-ethyl adjacent to an activating group) is 1. The van der Waals surface area contributed by atoms with Crippen LogP contribution in [0.3, 0.4) is 0 Å². The van der Waals surface area contributed by atoms with E-state index in [1.165, 1.54) is 109 Å². The second-order valence-corrected chi connectivity index (χ2v) is 15.7. The molecule has 1 N–H and O–H groups in total. The van der Waals surface area contributed by atoms with Crippen molar-refractivity contribution in [3.05, 3.63) is 12.2 Å². The molecule has 0 aromatic heterocycles. The first-order valence-electron chi connectivity index (χ1n) is 21.4. The molecule has 52 heavy (non-hydrogen) atoms. The van der Waals surface area contributed by atoms with Gasteiger partial charge in [0.15, 0.2) is 6.10 Å². The third kappa shape index (κ3) is 36.4. The summed E-state index contributed by atoms with van der Waals surface area (Å²) in [5, 5.41) is 9.60. The van der Waals surface area contributed by atoms with Gasteiger partial charge in [-0.15, -0.1) is 0 Å². The van der Waals surface area contributed by atoms with Gasteiger partial charge in [-0.2, -0.15) is 0 Å². The van der Waals surface area contributed by atoms with E-state index in [0.717, 1.165) is 51.4 Å². The molecule has 9 heteroatoms. The van der Waals surface area contributed by atoms with Gasteiger partial charge in [-0.1, -0.05) is 148 Å². The molecule has 0 fully saturated rings. The third-order valence-electron chi connectivity index (χ3n) is 9.27. The lowest BCUT2D eigenvalue weighted by Crippen LogP contribution is -2.40. The minimum Gasteiger partial charge on any atom is -0.477 e. The van der Waals surface area contributed by atoms with Gasteiger partial charge < -0.3 is 28.5 Å². The van der Waals surface area contributed by atoms with E-state index < -0.39 is 24.3 Å². The van der Waals surface area contributed by atoms with Crippen LogP contribution >= 0.6 is 0 Å². The standard InChI is InChI=1S/C43H81NO8/c1-6-8-10-12-14-16-17-18-19-20-21-22-23-24-26-28-30-32-34-41(46)52-39(38-51-43(42(47)48)49-36-35-44(3,4)5)37-50-40(45)33-31-29-27-25-15-13-11-9-7-2/h19-20,39,43H,6-18,21-38H2,1-5H3/p+1/b20-19-. The van der Waals surface area contributed by atoms with E-state index in [2.05, 4.69) is 26.0 Å². The lowest BCUT2D eigenvalue weighted by molar-refractivity contribution is -0.870. The maximum atomic E-state index is 12.7. The number of nitrogens with zero attached hydrogens (tertiary/aromatic N) is 1. The average molecular weight is 741 g/mol. The lowest BCUT2D eigenvalue weighted by atomic mass is 10.1. The normalized spacial score (nSPS) is 13.0. The number of hydrogen-bond donors (Lipinski definition) is 1. The SMILES string of the molecule is CCCCCCCCC/C=C\CCCCCCCCCC(=O)OC(COC(=O)CCCCCCCCCCC)COC(OCC[N+](C)(C)C)C(=O)O. The van der Waals surface area contributed by atoms with Crippen molar-refractivity contribution in [2.75, 3.05) is 47.5 Å². The van der Waals surface area contributed by atoms with Crippen LogP contribution < -0.4 is 0 Å². The van der Waals surface area contributed by atoms with Gasteiger partial charge in [0.05, 0.1) is 34.4 Å². The van der Waals surface area contributed by atoms with E-state index >= 15 is 0 Å². The first-order valence-corrected chi connectivity index (χ1v) is 21.4. The van der Waals surface area contributed by atoms with Crippen LogP contribution in [-0.4, -0.2) is 87.4 Å². The van der Waals surface area contributed by atoms with E-state index in [1.54, 1.807) is 0 Å². The van der Waals surface area contributed by atoms with Crippen LogP contribution in [0.4, 0.5) is 0 Å². The number of quaternary nitrogens is 1. The van der Waals surface area contributed by atoms with Gasteiger partial charge in [0.25, 0.3) is 6.29 Å². The van der Waals surface area contributed by atoms with E-state index in [1.807, 2.05) is 21.1 Å². The van der Waals surface area contributed by atoms with Crippen LogP contribution in [0, 0.1) is 0 Å². The van der Waals surface area contributed by atoms with Gasteiger partial charge in [0, 0.05) is 12.8 Å². The highest BCUT2D eigenvalue weighted by molar-refractivity contribution is 5.71. The molecular weight excluding hydrogens is 658 g/mol. The molecule has 0 aliphatic heterocycles. The van der Waals surface area contributed by atoms with E-state index in [0.29, 0.717) is 17.4 Å². The fourth-order valence-corrected chi connectivity index (χ4v) is 5.89. The Morgan fingerprint density at radius 2 is 0.981 bits per heavy atom. The number of carbonyl (C=O) groups is 3. The number of allylic oxidation sites excluding steroid dienone is 2. The summed E-state index contributed by atoms with van der Waals surface area (Å²) < 4.78 is 22.6. The molecule has 0 aliphatic rings. The molecule has 0 amide bonds. The maximum absolute atomic E-state index is 12.7. The third-order valence-corrected chi connectivity index (χ3v) is 9.27. The molecule has 0 saturated carbocycles. The highest BCUT2D eigenvalue weighted by Crippen LogP contribution is 2.14. The van der Waals surface area contributed by atoms with E-state index in [-0.39, 0.29) is 32.2 Å². The average Bonchev–Trinajstić information content (AvgIpc) is 3.09. The maximum Gasteiger partial charge on any atom is 0.361 e. The van der Waals surface area contributed by atoms with Crippen LogP contribution in [0.15, 0.2) is 12.2 Å². The number of esters is 2. The Morgan fingerprint density at radius 1 is 0.558 bits per heavy atom. The fraction of sp³-hybridized carbons (Fsp3) is 0.884. The summed E-state index contributed by atoms with van der Waals surface area (Å²) in [5.41, 5.74) is 0. The predicted octanol–water partition coefficient (Wildman–Crippen LogP) is 10.7. The Kier molecular flexibility index (Phi) is 34.7. The van der Waals surface area contributed by atoms with Crippen molar-refractivity contribution in [2.24, 2.45) is 0 Å². The Labute approximate surface area is 319 Å². The summed E-state index contributed by atoms with van der Waals surface area (Å²) in [6.07, 6.45) is 32.7. The van der Waals surface area contributed by atoms with Crippen molar-refractivity contribution in [1.82, 2.24) is 0 Å². The van der Waals surface area contributed by atoms with Crippen molar-refractivity contribution >= 4 is 17.9 Å². The first-order chi connectivity index (χ1) is 25.1. The molecule has 0 heterocycles. The Hall–Kier alpha value is -1.97. The first kappa shape index (κ1) is 50.0. The zero-order valence-electron chi connectivity index (χ0n) is 34.5. The van der Waals surface area contributed by atoms with Crippen LogP contribution in [0.5, 0.6) is 0 Å². The molecule has 0 rings (SSSR count). The topological polar surface area (TPSA) is 108 Å². The minimum absolute atomic E-state index is 0.179. The van der Waals surface area contributed by atoms with Crippen LogP contribution in [0.25, 0.3) is 0 Å². The van der Waals surface area contributed by atoms with Crippen molar-refractivity contribution in [2.45, 2.75) is 200 Å². The van der Waals surface area contributed by atoms with Crippen molar-refractivity contribution < 1.29 is 42.9 Å². The molecule has 0 aromatic carbocycles. The van der Waals surface area contributed by atoms with E-state index in [4.69, 9.17) is 18.9 Å². The minimum atomic E-state index is -1.50. The Bertz CT molecular complexity index is 872. The summed E-state index contributed by atoms with van der Waals surface area (Å²) in [6, 6.07) is 0. The summed E-state index contributed by atoms with van der Waals surface area (Å²) >= 11 is 0. The number of aliphatic carboxylic acids is 1. The quantitative estimate of drug-likeness (QED) is 0.0218. The number of carboxylic acid groups (broad SMARTS) is 1. The lowest BCUT2D eigenvalue weighted by Gasteiger charge is -2.25. The van der Waals surface area contributed by atoms with Crippen molar-refractivity contribution in [3.63, 3.8) is 0 Å². The summed E-state index contributed by atoms with van der Waals surface area (Å²) in [6.45, 7) is 4.84. The molecule has 0 aliphatic carbocycles. The zero-order chi connectivity index (χ0) is 38.5. The Morgan fingerprint density at radius 3 is 1.42 bits per heavy atom. The summed E-state index contributed by atoms with van der Waals surface area (Å²) in [5.74, 6) is -2.01. The van der Waals surface area contributed by atoms with Gasteiger partial charge >= 0.3 is 17.9 Å². The number of carboxylic acids is 1. The van der Waals surface area contributed by atoms with E-state index in [9.17, 15) is 19.5 Å². The predicted molar refractivity (Wildman–Crippen MR) is 212 cm³/mol. The molecule has 0 spiro atoms. The summed E-state index contributed by atoms with van der Waals surface area (Å²) in [7, 11) is 5.95. The van der Waals surface area contributed by atoms with Gasteiger partial charge in [-0.3, -0.25) is 9.59 Å². The van der Waals surface area contributed by atoms with Gasteiger partial charge in [-0.05, 0) is 38.5 Å². The van der Waals surface area contributed by atoms with Crippen molar-refractivity contribution in [3.8, 4) is 0 Å². The number of unbranched alkanes of at least 4 members (excludes halogenated alkanes) is 22. The Balaban J connectivity index is 4.40. The monoisotopic (exact) mass is 741 g/mol. The van der Waals surface area contributed by atoms with Crippen LogP contribution in [-0.2, 0) is 33.3 Å². The number of ether oxygens (including phenoxy) is 4. The number of hydrogen-bond acceptors (Lipinski definition) is 7. The second kappa shape index (κ2) is 36.0. The van der Waals surface area contributed by atoms with Gasteiger partial charge in [0.2, 0.25) is 0 Å². The molecular formula is C43H82NO8+. The molecule has 0 radical (unpaired) electrons. The van der Waals surface area contributed by atoms with Crippen LogP contribution in [0.2, 0.25) is 0 Å². The molecule has 0 bridgehead atoms. The fourth-order valence-electron chi connectivity index (χ4n) is 5.89. The van der Waals surface area contributed by atoms with Gasteiger partial charge in [0.1, 0.15) is 13.2 Å². The smallest absolute Gasteiger partial charge is 0.361 e. The van der Waals surface area contributed by atoms with Gasteiger partial charge in [-0.25, -0.2) is 4.79 Å². The number of rotatable bonds is 39. The molecule has 9 nitrogen and oxygen atoms in total. The molecule has 2 unspecified atom stereocenters. The highest BCUT2D eigenvalue weighted by atomic mass is 16.7. The second-order valence-electron chi connectivity index (χ2n) is 15.7. The largest absolute Gasteiger partial charge is 0.477 e. The number of carbonyl (C=O) groups excluding carboxylic acids is 2. The zero-order valence-corrected chi connectivity index (χ0v) is 34.5. The van der Waals surface area contributed by atoms with Crippen LogP contribution in [0.1, 0.15) is 187 Å². The molecule has 306 valence electrons. The summed E-state index contributed by atoms with van der Waals surface area (Å²) in [4.78, 5) is 36.9. The molecule has 0 aromatic rings. The molecule has 2 atom stereocenters. The highest BCUT2D eigenvalue weighted by Gasteiger charge is 2.25.